The second-order valence-corrected chi connectivity index (χ2v) is 5.05. The Morgan fingerprint density at radius 2 is 1.82 bits per heavy atom. The summed E-state index contributed by atoms with van der Waals surface area (Å²) in [6.45, 7) is 0. The molecule has 17 heavy (non-hydrogen) atoms. The van der Waals surface area contributed by atoms with E-state index >= 15 is 0 Å². The van der Waals surface area contributed by atoms with Crippen LogP contribution < -0.4 is 5.73 Å². The number of hydrogen-bond donors (Lipinski definition) is 1. The van der Waals surface area contributed by atoms with Crippen LogP contribution in [0.1, 0.15) is 0 Å². The summed E-state index contributed by atoms with van der Waals surface area (Å²) >= 11 is 2.32. The van der Waals surface area contributed by atoms with E-state index in [1.807, 2.05) is 30.3 Å². The third-order valence-electron chi connectivity index (χ3n) is 2.74. The SMILES string of the molecule is Nc1cc(-c2ccccc2I)c2occc2c1. The van der Waals surface area contributed by atoms with E-state index in [0.717, 1.165) is 27.8 Å². The van der Waals surface area contributed by atoms with E-state index in [-0.39, 0.29) is 0 Å². The van der Waals surface area contributed by atoms with Gasteiger partial charge < -0.3 is 10.2 Å². The van der Waals surface area contributed by atoms with Crippen molar-refractivity contribution in [1.82, 2.24) is 0 Å². The van der Waals surface area contributed by atoms with Crippen LogP contribution >= 0.6 is 22.6 Å². The van der Waals surface area contributed by atoms with Gasteiger partial charge in [0, 0.05) is 20.2 Å². The number of hydrogen-bond acceptors (Lipinski definition) is 2. The predicted molar refractivity (Wildman–Crippen MR) is 78.8 cm³/mol. The lowest BCUT2D eigenvalue weighted by molar-refractivity contribution is 0.617. The van der Waals surface area contributed by atoms with E-state index in [1.165, 1.54) is 3.57 Å². The minimum atomic E-state index is 0.758. The van der Waals surface area contributed by atoms with Crippen LogP contribution in [0, 0.1) is 3.57 Å². The zero-order valence-corrected chi connectivity index (χ0v) is 11.1. The Balaban J connectivity index is 2.37. The van der Waals surface area contributed by atoms with E-state index in [9.17, 15) is 0 Å². The molecule has 0 atom stereocenters. The second-order valence-electron chi connectivity index (χ2n) is 3.89. The lowest BCUT2D eigenvalue weighted by atomic mass is 10.0. The maximum atomic E-state index is 5.93. The molecule has 3 rings (SSSR count). The summed E-state index contributed by atoms with van der Waals surface area (Å²) in [6, 6.07) is 14.0. The zero-order chi connectivity index (χ0) is 11.8. The second kappa shape index (κ2) is 4.07. The Bertz CT molecular complexity index is 688. The molecule has 1 heterocycles. The number of fused-ring (bicyclic) bond motifs is 1. The van der Waals surface area contributed by atoms with Crippen molar-refractivity contribution < 1.29 is 4.42 Å². The van der Waals surface area contributed by atoms with E-state index in [1.54, 1.807) is 6.26 Å². The number of benzene rings is 2. The van der Waals surface area contributed by atoms with Gasteiger partial charge in [0.05, 0.1) is 6.26 Å². The van der Waals surface area contributed by atoms with Gasteiger partial charge in [0.15, 0.2) is 0 Å². The number of rotatable bonds is 1. The topological polar surface area (TPSA) is 39.2 Å². The first kappa shape index (κ1) is 10.7. The van der Waals surface area contributed by atoms with Crippen molar-refractivity contribution in [2.24, 2.45) is 0 Å². The lowest BCUT2D eigenvalue weighted by Crippen LogP contribution is -1.88. The summed E-state index contributed by atoms with van der Waals surface area (Å²) in [4.78, 5) is 0. The van der Waals surface area contributed by atoms with Crippen molar-refractivity contribution in [1.29, 1.82) is 0 Å². The molecule has 3 aromatic rings. The summed E-state index contributed by atoms with van der Waals surface area (Å²) in [7, 11) is 0. The van der Waals surface area contributed by atoms with Crippen LogP contribution in [0.3, 0.4) is 0 Å². The Morgan fingerprint density at radius 3 is 2.65 bits per heavy atom. The Kier molecular flexibility index (Phi) is 2.55. The van der Waals surface area contributed by atoms with Gasteiger partial charge in [-0.3, -0.25) is 0 Å². The highest BCUT2D eigenvalue weighted by Gasteiger charge is 2.10. The van der Waals surface area contributed by atoms with Gasteiger partial charge in [-0.25, -0.2) is 0 Å². The fourth-order valence-corrected chi connectivity index (χ4v) is 2.66. The Morgan fingerprint density at radius 1 is 1.00 bits per heavy atom. The third kappa shape index (κ3) is 1.80. The van der Waals surface area contributed by atoms with Gasteiger partial charge in [0.1, 0.15) is 5.58 Å². The van der Waals surface area contributed by atoms with Crippen LogP contribution in [-0.4, -0.2) is 0 Å². The summed E-state index contributed by atoms with van der Waals surface area (Å²) in [5, 5.41) is 1.04. The molecule has 2 N–H and O–H groups in total. The molecule has 3 heteroatoms. The van der Waals surface area contributed by atoms with Crippen molar-refractivity contribution in [3.05, 3.63) is 52.3 Å². The predicted octanol–water partition coefficient (Wildman–Crippen LogP) is 4.29. The molecule has 0 aliphatic carbocycles. The van der Waals surface area contributed by atoms with Crippen LogP contribution in [0.4, 0.5) is 5.69 Å². The fraction of sp³-hybridized carbons (Fsp3) is 0. The van der Waals surface area contributed by atoms with Gasteiger partial charge in [0.2, 0.25) is 0 Å². The van der Waals surface area contributed by atoms with Crippen LogP contribution in [0.5, 0.6) is 0 Å². The molecule has 0 amide bonds. The summed E-state index contributed by atoms with van der Waals surface area (Å²) in [5.74, 6) is 0. The Labute approximate surface area is 113 Å². The first-order valence-electron chi connectivity index (χ1n) is 5.27. The number of halogens is 1. The average Bonchev–Trinajstić information content (AvgIpc) is 2.76. The minimum absolute atomic E-state index is 0.758. The van der Waals surface area contributed by atoms with Crippen molar-refractivity contribution in [3.63, 3.8) is 0 Å². The van der Waals surface area contributed by atoms with Crippen molar-refractivity contribution >= 4 is 39.2 Å². The smallest absolute Gasteiger partial charge is 0.141 e. The van der Waals surface area contributed by atoms with Crippen molar-refractivity contribution in [3.8, 4) is 11.1 Å². The van der Waals surface area contributed by atoms with E-state index in [4.69, 9.17) is 10.2 Å². The fourth-order valence-electron chi connectivity index (χ4n) is 1.98. The van der Waals surface area contributed by atoms with Crippen molar-refractivity contribution in [2.75, 3.05) is 5.73 Å². The first-order chi connectivity index (χ1) is 8.25. The molecule has 0 fully saturated rings. The molecule has 2 nitrogen and oxygen atoms in total. The molecule has 0 radical (unpaired) electrons. The molecule has 0 aliphatic rings. The van der Waals surface area contributed by atoms with Crippen molar-refractivity contribution in [2.45, 2.75) is 0 Å². The van der Waals surface area contributed by atoms with E-state index in [0.29, 0.717) is 0 Å². The molecule has 0 saturated carbocycles. The minimum Gasteiger partial charge on any atom is -0.464 e. The quantitative estimate of drug-likeness (QED) is 0.532. The molecule has 84 valence electrons. The molecule has 0 saturated heterocycles. The molecule has 2 aromatic carbocycles. The van der Waals surface area contributed by atoms with Gasteiger partial charge in [-0.1, -0.05) is 18.2 Å². The maximum absolute atomic E-state index is 5.93. The number of furan rings is 1. The third-order valence-corrected chi connectivity index (χ3v) is 3.68. The molecule has 0 bridgehead atoms. The highest BCUT2D eigenvalue weighted by atomic mass is 127. The van der Waals surface area contributed by atoms with Gasteiger partial charge in [-0.05, 0) is 52.4 Å². The first-order valence-corrected chi connectivity index (χ1v) is 6.35. The molecular weight excluding hydrogens is 325 g/mol. The van der Waals surface area contributed by atoms with Gasteiger partial charge >= 0.3 is 0 Å². The molecule has 0 spiro atoms. The van der Waals surface area contributed by atoms with Crippen LogP contribution in [-0.2, 0) is 0 Å². The summed E-state index contributed by atoms with van der Waals surface area (Å²) in [5.41, 5.74) is 9.78. The highest BCUT2D eigenvalue weighted by Crippen LogP contribution is 2.34. The normalized spacial score (nSPS) is 10.9. The van der Waals surface area contributed by atoms with Crippen LogP contribution in [0.25, 0.3) is 22.1 Å². The monoisotopic (exact) mass is 335 g/mol. The standard InChI is InChI=1S/C14H10INO/c15-13-4-2-1-3-11(13)12-8-10(16)7-9-5-6-17-14(9)12/h1-8H,16H2. The molecule has 0 aliphatic heterocycles. The van der Waals surface area contributed by atoms with Crippen LogP contribution in [0.15, 0.2) is 53.1 Å². The lowest BCUT2D eigenvalue weighted by Gasteiger charge is -2.06. The molecular formula is C14H10INO. The van der Waals surface area contributed by atoms with Gasteiger partial charge in [-0.2, -0.15) is 0 Å². The Hall–Kier alpha value is -1.49. The number of nitrogens with two attached hydrogens (primary N) is 1. The number of nitrogen functional groups attached to an aromatic ring is 1. The van der Waals surface area contributed by atoms with E-state index in [2.05, 4.69) is 34.7 Å². The van der Waals surface area contributed by atoms with Gasteiger partial charge in [0.25, 0.3) is 0 Å². The largest absolute Gasteiger partial charge is 0.464 e. The zero-order valence-electron chi connectivity index (χ0n) is 8.98. The maximum Gasteiger partial charge on any atom is 0.141 e. The van der Waals surface area contributed by atoms with Gasteiger partial charge in [-0.15, -0.1) is 0 Å². The highest BCUT2D eigenvalue weighted by molar-refractivity contribution is 14.1. The van der Waals surface area contributed by atoms with Crippen LogP contribution in [0.2, 0.25) is 0 Å². The number of anilines is 1. The molecule has 1 aromatic heterocycles. The summed E-state index contributed by atoms with van der Waals surface area (Å²) < 4.78 is 6.74. The molecule has 0 unspecified atom stereocenters. The average molecular weight is 335 g/mol. The van der Waals surface area contributed by atoms with E-state index < -0.39 is 0 Å². The summed E-state index contributed by atoms with van der Waals surface area (Å²) in [6.07, 6.45) is 1.70.